The van der Waals surface area contributed by atoms with Gasteiger partial charge in [0.25, 0.3) is 0 Å². The van der Waals surface area contributed by atoms with Crippen LogP contribution in [0.25, 0.3) is 11.1 Å². The Balaban J connectivity index is 2.41. The maximum atomic E-state index is 12.8. The van der Waals surface area contributed by atoms with E-state index in [2.05, 4.69) is 16.9 Å². The van der Waals surface area contributed by atoms with Crippen molar-refractivity contribution in [2.24, 2.45) is 0 Å². The third-order valence-electron chi connectivity index (χ3n) is 3.68. The van der Waals surface area contributed by atoms with E-state index in [9.17, 15) is 8.78 Å². The fraction of sp³-hybridized carbons (Fsp3) is 0.400. The molecule has 0 aliphatic heterocycles. The molecule has 20 heavy (non-hydrogen) atoms. The monoisotopic (exact) mass is 279 g/mol. The van der Waals surface area contributed by atoms with E-state index in [0.29, 0.717) is 5.69 Å². The van der Waals surface area contributed by atoms with Crippen molar-refractivity contribution < 1.29 is 8.78 Å². The molecule has 5 heteroatoms. The van der Waals surface area contributed by atoms with E-state index in [-0.39, 0.29) is 6.04 Å². The summed E-state index contributed by atoms with van der Waals surface area (Å²) in [5.41, 5.74) is 3.30. The molecule has 3 nitrogen and oxygen atoms in total. The van der Waals surface area contributed by atoms with E-state index in [1.165, 1.54) is 6.20 Å². The molecule has 1 aromatic heterocycles. The molecular formula is C15H19F2N3. The van der Waals surface area contributed by atoms with Gasteiger partial charge in [-0.05, 0) is 45.1 Å². The van der Waals surface area contributed by atoms with Crippen LogP contribution < -0.4 is 0 Å². The van der Waals surface area contributed by atoms with Crippen molar-refractivity contribution in [1.82, 2.24) is 14.7 Å². The van der Waals surface area contributed by atoms with Gasteiger partial charge in [-0.15, -0.1) is 0 Å². The lowest BCUT2D eigenvalue weighted by Gasteiger charge is -2.20. The Hall–Kier alpha value is -1.75. The maximum Gasteiger partial charge on any atom is 0.333 e. The summed E-state index contributed by atoms with van der Waals surface area (Å²) < 4.78 is 26.3. The molecule has 108 valence electrons. The minimum atomic E-state index is -2.60. The standard InChI is InChI=1S/C15H19F2N3/c1-10(19(3)4)12-6-5-7-13(8-12)14-9-18-20(11(14)2)15(16)17/h5-10,15H,1-4H3/t10-/m1/s1. The normalized spacial score (nSPS) is 13.2. The van der Waals surface area contributed by atoms with Gasteiger partial charge in [0.15, 0.2) is 0 Å². The van der Waals surface area contributed by atoms with Crippen molar-refractivity contribution >= 4 is 0 Å². The highest BCUT2D eigenvalue weighted by Gasteiger charge is 2.15. The lowest BCUT2D eigenvalue weighted by atomic mass is 10.0. The average Bonchev–Trinajstić information content (AvgIpc) is 2.80. The van der Waals surface area contributed by atoms with Crippen LogP contribution in [0.1, 0.15) is 30.8 Å². The number of hydrogen-bond donors (Lipinski definition) is 0. The predicted molar refractivity (Wildman–Crippen MR) is 75.8 cm³/mol. The first kappa shape index (κ1) is 14.7. The van der Waals surface area contributed by atoms with Crippen LogP contribution in [0.2, 0.25) is 0 Å². The Bertz CT molecular complexity index is 591. The lowest BCUT2D eigenvalue weighted by Crippen LogP contribution is -2.16. The van der Waals surface area contributed by atoms with E-state index < -0.39 is 6.55 Å². The zero-order chi connectivity index (χ0) is 14.9. The lowest BCUT2D eigenvalue weighted by molar-refractivity contribution is 0.0545. The molecule has 0 aliphatic rings. The Morgan fingerprint density at radius 3 is 2.50 bits per heavy atom. The van der Waals surface area contributed by atoms with Crippen molar-refractivity contribution in [1.29, 1.82) is 0 Å². The number of halogens is 2. The predicted octanol–water partition coefficient (Wildman–Crippen LogP) is 3.88. The fourth-order valence-corrected chi connectivity index (χ4v) is 2.17. The van der Waals surface area contributed by atoms with Gasteiger partial charge in [-0.3, -0.25) is 0 Å². The summed E-state index contributed by atoms with van der Waals surface area (Å²) in [6.07, 6.45) is 1.50. The molecule has 0 bridgehead atoms. The Labute approximate surface area is 117 Å². The van der Waals surface area contributed by atoms with Crippen molar-refractivity contribution in [3.05, 3.63) is 41.7 Å². The second-order valence-corrected chi connectivity index (χ2v) is 5.13. The SMILES string of the molecule is Cc1c(-c2cccc([C@@H](C)N(C)C)c2)cnn1C(F)F. The van der Waals surface area contributed by atoms with Gasteiger partial charge < -0.3 is 4.90 Å². The highest BCUT2D eigenvalue weighted by atomic mass is 19.3. The van der Waals surface area contributed by atoms with Gasteiger partial charge in [0.05, 0.1) is 6.20 Å². The van der Waals surface area contributed by atoms with Gasteiger partial charge in [0.2, 0.25) is 0 Å². The van der Waals surface area contributed by atoms with Crippen molar-refractivity contribution in [2.45, 2.75) is 26.4 Å². The van der Waals surface area contributed by atoms with E-state index in [0.717, 1.165) is 21.4 Å². The van der Waals surface area contributed by atoms with Crippen LogP contribution in [0.15, 0.2) is 30.5 Å². The molecule has 1 atom stereocenters. The Morgan fingerprint density at radius 2 is 1.95 bits per heavy atom. The number of benzene rings is 1. The molecule has 0 spiro atoms. The fourth-order valence-electron chi connectivity index (χ4n) is 2.17. The number of rotatable bonds is 4. The number of aromatic nitrogens is 2. The van der Waals surface area contributed by atoms with E-state index in [1.54, 1.807) is 6.92 Å². The molecule has 2 aromatic rings. The van der Waals surface area contributed by atoms with Gasteiger partial charge in [0.1, 0.15) is 0 Å². The third kappa shape index (κ3) is 2.72. The highest BCUT2D eigenvalue weighted by molar-refractivity contribution is 5.66. The largest absolute Gasteiger partial charge is 0.333 e. The summed E-state index contributed by atoms with van der Waals surface area (Å²) >= 11 is 0. The van der Waals surface area contributed by atoms with E-state index in [4.69, 9.17) is 0 Å². The zero-order valence-corrected chi connectivity index (χ0v) is 12.1. The molecule has 0 saturated heterocycles. The summed E-state index contributed by atoms with van der Waals surface area (Å²) in [6.45, 7) is 1.16. The molecule has 0 unspecified atom stereocenters. The summed E-state index contributed by atoms with van der Waals surface area (Å²) in [6, 6.07) is 8.21. The average molecular weight is 279 g/mol. The number of nitrogens with zero attached hydrogens (tertiary/aromatic N) is 3. The first-order valence-electron chi connectivity index (χ1n) is 6.51. The van der Waals surface area contributed by atoms with Crippen molar-refractivity contribution in [2.75, 3.05) is 14.1 Å². The van der Waals surface area contributed by atoms with E-state index >= 15 is 0 Å². The first-order valence-corrected chi connectivity index (χ1v) is 6.51. The topological polar surface area (TPSA) is 21.1 Å². The van der Waals surface area contributed by atoms with Gasteiger partial charge >= 0.3 is 6.55 Å². The van der Waals surface area contributed by atoms with Crippen molar-refractivity contribution in [3.8, 4) is 11.1 Å². The summed E-state index contributed by atoms with van der Waals surface area (Å²) in [7, 11) is 4.02. The van der Waals surface area contributed by atoms with Gasteiger partial charge in [-0.25, -0.2) is 4.68 Å². The van der Waals surface area contributed by atoms with Crippen LogP contribution in [0.4, 0.5) is 8.78 Å². The van der Waals surface area contributed by atoms with Crippen LogP contribution in [0.5, 0.6) is 0 Å². The summed E-state index contributed by atoms with van der Waals surface area (Å²) in [5.74, 6) is 0. The molecule has 1 aromatic carbocycles. The number of alkyl halides is 2. The van der Waals surface area contributed by atoms with Gasteiger partial charge in [0, 0.05) is 17.3 Å². The minimum Gasteiger partial charge on any atom is -0.303 e. The molecular weight excluding hydrogens is 260 g/mol. The highest BCUT2D eigenvalue weighted by Crippen LogP contribution is 2.28. The molecule has 0 aliphatic carbocycles. The Kier molecular flexibility index (Phi) is 4.18. The summed E-state index contributed by atoms with van der Waals surface area (Å²) in [4.78, 5) is 2.11. The number of hydrogen-bond acceptors (Lipinski definition) is 2. The second-order valence-electron chi connectivity index (χ2n) is 5.13. The van der Waals surface area contributed by atoms with Crippen molar-refractivity contribution in [3.63, 3.8) is 0 Å². The zero-order valence-electron chi connectivity index (χ0n) is 12.1. The molecule has 1 heterocycles. The minimum absolute atomic E-state index is 0.264. The quantitative estimate of drug-likeness (QED) is 0.847. The Morgan fingerprint density at radius 1 is 1.25 bits per heavy atom. The smallest absolute Gasteiger partial charge is 0.303 e. The second kappa shape index (κ2) is 5.71. The van der Waals surface area contributed by atoms with Gasteiger partial charge in [-0.1, -0.05) is 18.2 Å². The molecule has 0 saturated carbocycles. The molecule has 2 rings (SSSR count). The van der Waals surface area contributed by atoms with Crippen LogP contribution in [0, 0.1) is 6.92 Å². The molecule has 0 fully saturated rings. The molecule has 0 N–H and O–H groups in total. The van der Waals surface area contributed by atoms with Crippen LogP contribution >= 0.6 is 0 Å². The maximum absolute atomic E-state index is 12.8. The third-order valence-corrected chi connectivity index (χ3v) is 3.68. The molecule has 0 amide bonds. The van der Waals surface area contributed by atoms with Gasteiger partial charge in [-0.2, -0.15) is 13.9 Å². The van der Waals surface area contributed by atoms with Crippen LogP contribution in [-0.4, -0.2) is 28.8 Å². The van der Waals surface area contributed by atoms with E-state index in [1.807, 2.05) is 38.4 Å². The first-order chi connectivity index (χ1) is 9.41. The van der Waals surface area contributed by atoms with Crippen LogP contribution in [0.3, 0.4) is 0 Å². The van der Waals surface area contributed by atoms with Crippen LogP contribution in [-0.2, 0) is 0 Å². The summed E-state index contributed by atoms with van der Waals surface area (Å²) in [5, 5.41) is 3.76. The molecule has 0 radical (unpaired) electrons.